The van der Waals surface area contributed by atoms with Crippen molar-refractivity contribution in [1.29, 1.82) is 0 Å². The lowest BCUT2D eigenvalue weighted by molar-refractivity contribution is 0.0597. The number of anilines is 1. The molecule has 0 saturated heterocycles. The van der Waals surface area contributed by atoms with Crippen molar-refractivity contribution < 1.29 is 47.6 Å². The van der Waals surface area contributed by atoms with E-state index in [1.807, 2.05) is 0 Å². The van der Waals surface area contributed by atoms with Crippen molar-refractivity contribution in [1.82, 2.24) is 0 Å². The van der Waals surface area contributed by atoms with E-state index in [9.17, 15) is 42.9 Å². The van der Waals surface area contributed by atoms with Gasteiger partial charge >= 0.3 is 16.2 Å². The van der Waals surface area contributed by atoms with Gasteiger partial charge in [-0.05, 0) is 24.3 Å². The number of carbonyl (C=O) groups is 1. The maximum atomic E-state index is 13.3. The Balaban J connectivity index is 2.78. The van der Waals surface area contributed by atoms with Crippen molar-refractivity contribution in [2.24, 2.45) is 0 Å². The zero-order chi connectivity index (χ0) is 23.3. The maximum absolute atomic E-state index is 13.3. The Hall–Kier alpha value is -1.97. The number of phenols is 2. The predicted octanol–water partition coefficient (Wildman–Crippen LogP) is 5.76. The number of hydrogen-bond acceptors (Lipinski definition) is 6. The molecule has 0 bridgehead atoms. The van der Waals surface area contributed by atoms with Gasteiger partial charge in [-0.2, -0.15) is 0 Å². The Morgan fingerprint density at radius 2 is 1.67 bits per heavy atom. The van der Waals surface area contributed by atoms with Crippen molar-refractivity contribution in [2.45, 2.75) is 9.79 Å². The number of nitrogens with one attached hydrogen (secondary N) is 1. The number of rotatable bonds is 5. The Kier molecular flexibility index (Phi) is 5.48. The second kappa shape index (κ2) is 6.77. The lowest BCUT2D eigenvalue weighted by Gasteiger charge is -2.40. The molecule has 2 aromatic rings. The Morgan fingerprint density at radius 3 is 2.17 bits per heavy atom. The van der Waals surface area contributed by atoms with Crippen LogP contribution in [-0.2, 0) is 14.8 Å². The summed E-state index contributed by atoms with van der Waals surface area (Å²) in [5.41, 5.74) is -2.80. The molecule has 0 unspecified atom stereocenters. The van der Waals surface area contributed by atoms with Gasteiger partial charge in [0, 0.05) is 4.47 Å². The van der Waals surface area contributed by atoms with Gasteiger partial charge in [0.05, 0.1) is 17.8 Å². The highest BCUT2D eigenvalue weighted by molar-refractivity contribution is 9.10. The van der Waals surface area contributed by atoms with E-state index in [4.69, 9.17) is 11.6 Å². The fourth-order valence-electron chi connectivity index (χ4n) is 2.12. The summed E-state index contributed by atoms with van der Waals surface area (Å²) < 4.78 is 96.9. The largest absolute Gasteiger partial charge is 0.505 e. The number of aromatic hydroxyl groups is 2. The molecule has 0 aliphatic rings. The topological polar surface area (TPSA) is 113 Å². The molecule has 2 rings (SSSR count). The molecule has 0 aliphatic carbocycles. The SMILES string of the molecule is COC(=O)c1cc(S(F)(F)(F)(F)F)cc(NS(=O)(=O)c2cc(Br)cc(Cl)c2O)c1O. The summed E-state index contributed by atoms with van der Waals surface area (Å²) in [6.45, 7) is 0. The van der Waals surface area contributed by atoms with Gasteiger partial charge < -0.3 is 14.9 Å². The number of esters is 1. The first-order chi connectivity index (χ1) is 13.3. The highest BCUT2D eigenvalue weighted by Gasteiger charge is 2.66. The highest BCUT2D eigenvalue weighted by Crippen LogP contribution is 3.02. The van der Waals surface area contributed by atoms with E-state index in [0.717, 1.165) is 12.1 Å². The minimum Gasteiger partial charge on any atom is -0.505 e. The number of ether oxygens (including phenoxy) is 1. The molecule has 0 amide bonds. The van der Waals surface area contributed by atoms with Crippen LogP contribution in [0.1, 0.15) is 10.4 Å². The lowest BCUT2D eigenvalue weighted by atomic mass is 10.2. The summed E-state index contributed by atoms with van der Waals surface area (Å²) in [7, 11) is -14.7. The smallest absolute Gasteiger partial charge is 0.341 e. The summed E-state index contributed by atoms with van der Waals surface area (Å²) in [4.78, 5) is 8.01. The number of benzene rings is 2. The van der Waals surface area contributed by atoms with Crippen molar-refractivity contribution in [2.75, 3.05) is 11.8 Å². The molecule has 0 aromatic heterocycles. The van der Waals surface area contributed by atoms with Crippen LogP contribution in [0.3, 0.4) is 0 Å². The molecule has 0 heterocycles. The lowest BCUT2D eigenvalue weighted by Crippen LogP contribution is -2.16. The number of methoxy groups -OCH3 is 1. The van der Waals surface area contributed by atoms with Gasteiger partial charge in [-0.3, -0.25) is 4.72 Å². The van der Waals surface area contributed by atoms with Gasteiger partial charge in [-0.15, -0.1) is 0 Å². The summed E-state index contributed by atoms with van der Waals surface area (Å²) >= 11 is 8.53. The quantitative estimate of drug-likeness (QED) is 0.243. The van der Waals surface area contributed by atoms with E-state index in [1.165, 1.54) is 4.72 Å². The number of phenolic OH excluding ortho intramolecular Hbond substituents is 2. The van der Waals surface area contributed by atoms with Gasteiger partial charge in [0.1, 0.15) is 15.4 Å². The fourth-order valence-corrected chi connectivity index (χ4v) is 5.02. The van der Waals surface area contributed by atoms with Crippen LogP contribution < -0.4 is 4.72 Å². The first-order valence-corrected chi connectivity index (χ1v) is 11.8. The minimum absolute atomic E-state index is 0.0332. The van der Waals surface area contributed by atoms with Crippen molar-refractivity contribution in [3.8, 4) is 11.5 Å². The minimum atomic E-state index is -10.4. The molecule has 30 heavy (non-hydrogen) atoms. The standard InChI is InChI=1S/C14H10BrClF5NO6S2/c1-28-14(25)8-4-7(30(17,18,19,20)21)5-10(12(8)23)22-29(26,27)11-3-6(15)2-9(16)13(11)24/h2-5,22-24H,1H3. The molecule has 0 saturated carbocycles. The molecule has 0 radical (unpaired) electrons. The van der Waals surface area contributed by atoms with Crippen LogP contribution >= 0.6 is 37.8 Å². The van der Waals surface area contributed by atoms with Crippen LogP contribution in [-0.4, -0.2) is 31.7 Å². The van der Waals surface area contributed by atoms with Crippen molar-refractivity contribution in [3.05, 3.63) is 39.3 Å². The van der Waals surface area contributed by atoms with E-state index in [2.05, 4.69) is 20.7 Å². The van der Waals surface area contributed by atoms with Crippen molar-refractivity contribution in [3.63, 3.8) is 0 Å². The number of carbonyl (C=O) groups excluding carboxylic acids is 1. The highest BCUT2D eigenvalue weighted by atomic mass is 79.9. The third kappa shape index (κ3) is 5.01. The monoisotopic (exact) mass is 561 g/mol. The van der Waals surface area contributed by atoms with Crippen LogP contribution in [0.4, 0.5) is 25.1 Å². The van der Waals surface area contributed by atoms with Gasteiger partial charge in [-0.25, -0.2) is 13.2 Å². The Labute approximate surface area is 179 Å². The van der Waals surface area contributed by atoms with Crippen LogP contribution in [0.5, 0.6) is 11.5 Å². The van der Waals surface area contributed by atoms with Crippen LogP contribution in [0.2, 0.25) is 5.02 Å². The summed E-state index contributed by atoms with van der Waals surface area (Å²) in [6.07, 6.45) is 0. The Morgan fingerprint density at radius 1 is 1.10 bits per heavy atom. The van der Waals surface area contributed by atoms with E-state index >= 15 is 0 Å². The molecular formula is C14H10BrClF5NO6S2. The zero-order valence-electron chi connectivity index (χ0n) is 14.3. The zero-order valence-corrected chi connectivity index (χ0v) is 18.3. The third-order valence-corrected chi connectivity index (χ3v) is 6.71. The second-order valence-corrected chi connectivity index (χ2v) is 11.1. The Bertz CT molecular complexity index is 1170. The van der Waals surface area contributed by atoms with Crippen molar-refractivity contribution >= 4 is 59.4 Å². The van der Waals surface area contributed by atoms with Gasteiger partial charge in [0.15, 0.2) is 11.5 Å². The molecule has 168 valence electrons. The van der Waals surface area contributed by atoms with Crippen LogP contribution in [0.15, 0.2) is 38.5 Å². The molecule has 2 aromatic carbocycles. The molecule has 0 aliphatic heterocycles. The van der Waals surface area contributed by atoms with Crippen LogP contribution in [0, 0.1) is 0 Å². The molecule has 0 atom stereocenters. The van der Waals surface area contributed by atoms with Crippen LogP contribution in [0.25, 0.3) is 0 Å². The van der Waals surface area contributed by atoms with Gasteiger partial charge in [-0.1, -0.05) is 47.0 Å². The van der Waals surface area contributed by atoms with Gasteiger partial charge in [0.25, 0.3) is 10.0 Å². The molecule has 16 heteroatoms. The summed E-state index contributed by atoms with van der Waals surface area (Å²) in [5.74, 6) is -4.08. The normalized spacial score (nSPS) is 14.5. The second-order valence-electron chi connectivity index (χ2n) is 5.67. The molecule has 0 fully saturated rings. The van der Waals surface area contributed by atoms with E-state index < -0.39 is 69.8 Å². The first-order valence-electron chi connectivity index (χ1n) is 7.17. The maximum Gasteiger partial charge on any atom is 0.341 e. The average Bonchev–Trinajstić information content (AvgIpc) is 2.56. The number of sulfonamides is 1. The van der Waals surface area contributed by atoms with E-state index in [1.54, 1.807) is 0 Å². The van der Waals surface area contributed by atoms with Gasteiger partial charge in [0.2, 0.25) is 0 Å². The van der Waals surface area contributed by atoms with E-state index in [0.29, 0.717) is 7.11 Å². The molecule has 7 nitrogen and oxygen atoms in total. The summed E-state index contributed by atoms with van der Waals surface area (Å²) in [5, 5.41) is 19.4. The van der Waals surface area contributed by atoms with E-state index in [-0.39, 0.29) is 10.5 Å². The fraction of sp³-hybridized carbons (Fsp3) is 0.0714. The first kappa shape index (κ1) is 24.3. The molecule has 3 N–H and O–H groups in total. The summed E-state index contributed by atoms with van der Waals surface area (Å²) in [6, 6.07) is 1.14. The number of hydrogen-bond donors (Lipinski definition) is 3. The average molecular weight is 563 g/mol. The number of halogens is 7. The predicted molar refractivity (Wildman–Crippen MR) is 102 cm³/mol. The molecular weight excluding hydrogens is 553 g/mol. The third-order valence-electron chi connectivity index (χ3n) is 3.46. The molecule has 0 spiro atoms.